The van der Waals surface area contributed by atoms with Crippen molar-refractivity contribution in [3.8, 4) is 0 Å². The number of aliphatic hydroxyl groups is 1. The molecule has 1 unspecified atom stereocenters. The Bertz CT molecular complexity index is 388. The smallest absolute Gasteiger partial charge is 0.222 e. The van der Waals surface area contributed by atoms with Gasteiger partial charge in [0.05, 0.1) is 4.47 Å². The van der Waals surface area contributed by atoms with Gasteiger partial charge in [0.1, 0.15) is 5.82 Å². The van der Waals surface area contributed by atoms with Crippen molar-refractivity contribution < 1.29 is 5.11 Å². The highest BCUT2D eigenvalue weighted by molar-refractivity contribution is 9.10. The third kappa shape index (κ3) is 2.87. The van der Waals surface area contributed by atoms with Crippen LogP contribution in [0.3, 0.4) is 0 Å². The van der Waals surface area contributed by atoms with Crippen molar-refractivity contribution in [1.29, 1.82) is 0 Å². The summed E-state index contributed by atoms with van der Waals surface area (Å²) < 4.78 is 0.877. The molecule has 0 bridgehead atoms. The molecule has 2 rings (SSSR count). The third-order valence-electron chi connectivity index (χ3n) is 3.09. The van der Waals surface area contributed by atoms with Crippen molar-refractivity contribution in [3.63, 3.8) is 0 Å². The van der Waals surface area contributed by atoms with Crippen LogP contribution >= 0.6 is 15.9 Å². The number of nitrogens with two attached hydrogens (primary N) is 1. The summed E-state index contributed by atoms with van der Waals surface area (Å²) in [6.07, 6.45) is 5.83. The van der Waals surface area contributed by atoms with Crippen molar-refractivity contribution in [2.24, 2.45) is 0 Å². The Balaban J connectivity index is 2.16. The molecule has 17 heavy (non-hydrogen) atoms. The van der Waals surface area contributed by atoms with Gasteiger partial charge in [0.25, 0.3) is 0 Å². The molecule has 0 aliphatic carbocycles. The van der Waals surface area contributed by atoms with E-state index in [1.54, 1.807) is 6.20 Å². The highest BCUT2D eigenvalue weighted by Gasteiger charge is 2.26. The lowest BCUT2D eigenvalue weighted by molar-refractivity contribution is 0.279. The number of nitrogen functional groups attached to an aromatic ring is 1. The van der Waals surface area contributed by atoms with E-state index in [2.05, 4.69) is 30.8 Å². The summed E-state index contributed by atoms with van der Waals surface area (Å²) in [6, 6.07) is 0.452. The molecule has 1 aliphatic heterocycles. The summed E-state index contributed by atoms with van der Waals surface area (Å²) in [5.41, 5.74) is 5.63. The zero-order chi connectivity index (χ0) is 12.3. The van der Waals surface area contributed by atoms with E-state index in [0.29, 0.717) is 12.0 Å². The van der Waals surface area contributed by atoms with E-state index in [1.165, 1.54) is 0 Å². The summed E-state index contributed by atoms with van der Waals surface area (Å²) in [7, 11) is 0. The molecule has 1 saturated heterocycles. The van der Waals surface area contributed by atoms with Crippen LogP contribution in [0.2, 0.25) is 0 Å². The Labute approximate surface area is 109 Å². The molecule has 94 valence electrons. The second kappa shape index (κ2) is 5.64. The van der Waals surface area contributed by atoms with Gasteiger partial charge in [0, 0.05) is 25.4 Å². The van der Waals surface area contributed by atoms with E-state index in [1.807, 2.05) is 0 Å². The minimum atomic E-state index is 0.247. The second-order valence-corrected chi connectivity index (χ2v) is 5.11. The lowest BCUT2D eigenvalue weighted by atomic mass is 10.1. The van der Waals surface area contributed by atoms with Crippen LogP contribution < -0.4 is 10.6 Å². The van der Waals surface area contributed by atoms with E-state index in [9.17, 15) is 0 Å². The van der Waals surface area contributed by atoms with E-state index in [-0.39, 0.29) is 6.61 Å². The van der Waals surface area contributed by atoms with Crippen molar-refractivity contribution in [2.45, 2.75) is 31.7 Å². The Morgan fingerprint density at radius 1 is 1.59 bits per heavy atom. The SMILES string of the molecule is Nc1ncc(Br)c(N2CCCC2CCCO)n1. The highest BCUT2D eigenvalue weighted by Crippen LogP contribution is 2.31. The Kier molecular flexibility index (Phi) is 4.17. The standard InChI is InChI=1S/C11H17BrN4O/c12-9-7-14-11(13)15-10(9)16-5-1-3-8(16)4-2-6-17/h7-8,17H,1-6H2,(H2,13,14,15). The molecule has 0 spiro atoms. The summed E-state index contributed by atoms with van der Waals surface area (Å²) in [4.78, 5) is 10.5. The maximum atomic E-state index is 8.91. The maximum Gasteiger partial charge on any atom is 0.222 e. The molecule has 1 aliphatic rings. The van der Waals surface area contributed by atoms with Gasteiger partial charge in [-0.15, -0.1) is 0 Å². The summed E-state index contributed by atoms with van der Waals surface area (Å²) >= 11 is 3.46. The fraction of sp³-hybridized carbons (Fsp3) is 0.636. The minimum absolute atomic E-state index is 0.247. The predicted octanol–water partition coefficient (Wildman–Crippen LogP) is 1.56. The molecule has 1 fully saturated rings. The largest absolute Gasteiger partial charge is 0.396 e. The zero-order valence-corrected chi connectivity index (χ0v) is 11.2. The first kappa shape index (κ1) is 12.6. The fourth-order valence-corrected chi connectivity index (χ4v) is 2.73. The number of hydrogen-bond donors (Lipinski definition) is 2. The average molecular weight is 301 g/mol. The van der Waals surface area contributed by atoms with Crippen LogP contribution in [0.15, 0.2) is 10.7 Å². The van der Waals surface area contributed by atoms with E-state index < -0.39 is 0 Å². The number of nitrogens with zero attached hydrogens (tertiary/aromatic N) is 3. The predicted molar refractivity (Wildman–Crippen MR) is 70.8 cm³/mol. The second-order valence-electron chi connectivity index (χ2n) is 4.26. The average Bonchev–Trinajstić information content (AvgIpc) is 2.77. The Morgan fingerprint density at radius 3 is 3.18 bits per heavy atom. The quantitative estimate of drug-likeness (QED) is 0.883. The van der Waals surface area contributed by atoms with E-state index in [4.69, 9.17) is 10.8 Å². The molecule has 6 heteroatoms. The maximum absolute atomic E-state index is 8.91. The van der Waals surface area contributed by atoms with Gasteiger partial charge >= 0.3 is 0 Å². The minimum Gasteiger partial charge on any atom is -0.396 e. The van der Waals surface area contributed by atoms with Crippen molar-refractivity contribution in [3.05, 3.63) is 10.7 Å². The van der Waals surface area contributed by atoms with Crippen molar-refractivity contribution in [1.82, 2.24) is 9.97 Å². The number of anilines is 2. The molecule has 1 aromatic heterocycles. The van der Waals surface area contributed by atoms with Crippen LogP contribution in [0.25, 0.3) is 0 Å². The molecule has 0 amide bonds. The first-order chi connectivity index (χ1) is 8.22. The van der Waals surface area contributed by atoms with Crippen LogP contribution in [-0.4, -0.2) is 34.3 Å². The van der Waals surface area contributed by atoms with Gasteiger partial charge < -0.3 is 15.7 Å². The number of aromatic nitrogens is 2. The fourth-order valence-electron chi connectivity index (χ4n) is 2.31. The number of rotatable bonds is 4. The summed E-state index contributed by atoms with van der Waals surface area (Å²) in [5.74, 6) is 1.17. The van der Waals surface area contributed by atoms with Gasteiger partial charge in [0.15, 0.2) is 0 Å². The first-order valence-corrected chi connectivity index (χ1v) is 6.67. The van der Waals surface area contributed by atoms with Crippen LogP contribution in [0.5, 0.6) is 0 Å². The summed E-state index contributed by atoms with van der Waals surface area (Å²) in [5, 5.41) is 8.91. The van der Waals surface area contributed by atoms with Crippen LogP contribution in [-0.2, 0) is 0 Å². The number of aliphatic hydroxyl groups excluding tert-OH is 1. The van der Waals surface area contributed by atoms with Gasteiger partial charge in [0.2, 0.25) is 5.95 Å². The van der Waals surface area contributed by atoms with Crippen LogP contribution in [0.1, 0.15) is 25.7 Å². The molecular weight excluding hydrogens is 284 g/mol. The van der Waals surface area contributed by atoms with Gasteiger partial charge in [-0.2, -0.15) is 4.98 Å². The molecule has 3 N–H and O–H groups in total. The van der Waals surface area contributed by atoms with Gasteiger partial charge in [-0.3, -0.25) is 0 Å². The molecule has 0 saturated carbocycles. The summed E-state index contributed by atoms with van der Waals surface area (Å²) in [6.45, 7) is 1.24. The first-order valence-electron chi connectivity index (χ1n) is 5.88. The molecular formula is C11H17BrN4O. The molecule has 1 atom stereocenters. The third-order valence-corrected chi connectivity index (χ3v) is 3.65. The van der Waals surface area contributed by atoms with E-state index in [0.717, 1.165) is 42.5 Å². The van der Waals surface area contributed by atoms with Crippen molar-refractivity contribution >= 4 is 27.7 Å². The lowest BCUT2D eigenvalue weighted by Gasteiger charge is -2.26. The van der Waals surface area contributed by atoms with Crippen LogP contribution in [0, 0.1) is 0 Å². The number of halogens is 1. The topological polar surface area (TPSA) is 75.3 Å². The molecule has 5 nitrogen and oxygen atoms in total. The van der Waals surface area contributed by atoms with Crippen LogP contribution in [0.4, 0.5) is 11.8 Å². The Hall–Kier alpha value is -0.880. The van der Waals surface area contributed by atoms with E-state index >= 15 is 0 Å². The highest BCUT2D eigenvalue weighted by atomic mass is 79.9. The monoisotopic (exact) mass is 300 g/mol. The van der Waals surface area contributed by atoms with Crippen molar-refractivity contribution in [2.75, 3.05) is 23.8 Å². The lowest BCUT2D eigenvalue weighted by Crippen LogP contribution is -2.30. The molecule has 1 aromatic rings. The van der Waals surface area contributed by atoms with Gasteiger partial charge in [-0.25, -0.2) is 4.98 Å². The van der Waals surface area contributed by atoms with Gasteiger partial charge in [-0.05, 0) is 41.6 Å². The molecule has 2 heterocycles. The molecule has 0 radical (unpaired) electrons. The molecule has 0 aromatic carbocycles. The Morgan fingerprint density at radius 2 is 2.41 bits per heavy atom. The normalized spacial score (nSPS) is 19.9. The van der Waals surface area contributed by atoms with Gasteiger partial charge in [-0.1, -0.05) is 0 Å². The zero-order valence-electron chi connectivity index (χ0n) is 9.64. The number of hydrogen-bond acceptors (Lipinski definition) is 5.